The lowest BCUT2D eigenvalue weighted by atomic mass is 10.1. The number of rotatable bonds is 9. The Labute approximate surface area is 203 Å². The van der Waals surface area contributed by atoms with Gasteiger partial charge in [0.15, 0.2) is 11.5 Å². The van der Waals surface area contributed by atoms with Gasteiger partial charge < -0.3 is 14.4 Å². The summed E-state index contributed by atoms with van der Waals surface area (Å²) in [6, 6.07) is 19.9. The van der Waals surface area contributed by atoms with E-state index in [0.717, 1.165) is 21.7 Å². The van der Waals surface area contributed by atoms with Crippen molar-refractivity contribution in [2.45, 2.75) is 13.1 Å². The summed E-state index contributed by atoms with van der Waals surface area (Å²) >= 11 is 1.63. The van der Waals surface area contributed by atoms with Crippen molar-refractivity contribution in [1.29, 1.82) is 0 Å². The van der Waals surface area contributed by atoms with Gasteiger partial charge >= 0.3 is 0 Å². The van der Waals surface area contributed by atoms with Gasteiger partial charge in [0, 0.05) is 37.0 Å². The molecule has 0 aliphatic carbocycles. The highest BCUT2D eigenvalue weighted by Crippen LogP contribution is 2.31. The standard InChI is InChI=1S/C27H27N3O3S/c1-29(18-22-11-7-12-23(32-2)27(22)33-3)25(31)15-14-21-19-30(17-20-9-5-4-6-10-20)28-26(21)24-13-8-16-34-24/h4-16,19H,17-18H2,1-3H3. The van der Waals surface area contributed by atoms with Crippen LogP contribution < -0.4 is 9.47 Å². The second-order valence-corrected chi connectivity index (χ2v) is 8.72. The van der Waals surface area contributed by atoms with E-state index in [1.54, 1.807) is 43.6 Å². The number of methoxy groups -OCH3 is 2. The van der Waals surface area contributed by atoms with Crippen LogP contribution in [-0.2, 0) is 17.9 Å². The molecule has 2 aromatic heterocycles. The van der Waals surface area contributed by atoms with Crippen LogP contribution in [0.3, 0.4) is 0 Å². The summed E-state index contributed by atoms with van der Waals surface area (Å²) in [5.74, 6) is 1.16. The Morgan fingerprint density at radius 2 is 1.88 bits per heavy atom. The van der Waals surface area contributed by atoms with E-state index in [-0.39, 0.29) is 5.91 Å². The van der Waals surface area contributed by atoms with Gasteiger partial charge in [0.1, 0.15) is 5.69 Å². The first kappa shape index (κ1) is 23.3. The molecule has 6 nitrogen and oxygen atoms in total. The molecule has 0 saturated carbocycles. The Morgan fingerprint density at radius 3 is 2.59 bits per heavy atom. The molecule has 174 valence electrons. The van der Waals surface area contributed by atoms with Crippen LogP contribution in [0.1, 0.15) is 16.7 Å². The SMILES string of the molecule is COc1cccc(CN(C)C(=O)C=Cc2cn(Cc3ccccc3)nc2-c2cccs2)c1OC. The lowest BCUT2D eigenvalue weighted by Gasteiger charge is -2.18. The zero-order valence-corrected chi connectivity index (χ0v) is 20.3. The van der Waals surface area contributed by atoms with E-state index < -0.39 is 0 Å². The van der Waals surface area contributed by atoms with Crippen LogP contribution in [-0.4, -0.2) is 41.9 Å². The van der Waals surface area contributed by atoms with Crippen LogP contribution in [0.25, 0.3) is 16.6 Å². The van der Waals surface area contributed by atoms with Crippen molar-refractivity contribution in [2.24, 2.45) is 0 Å². The van der Waals surface area contributed by atoms with Gasteiger partial charge in [-0.15, -0.1) is 11.3 Å². The number of benzene rings is 2. The smallest absolute Gasteiger partial charge is 0.246 e. The number of aromatic nitrogens is 2. The molecule has 1 amide bonds. The summed E-state index contributed by atoms with van der Waals surface area (Å²) in [6.07, 6.45) is 5.41. The van der Waals surface area contributed by atoms with Crippen LogP contribution >= 0.6 is 11.3 Å². The summed E-state index contributed by atoms with van der Waals surface area (Å²) < 4.78 is 12.8. The Bertz CT molecular complexity index is 1260. The molecule has 34 heavy (non-hydrogen) atoms. The van der Waals surface area contributed by atoms with E-state index in [0.29, 0.717) is 24.6 Å². The minimum absolute atomic E-state index is 0.113. The Balaban J connectivity index is 1.54. The van der Waals surface area contributed by atoms with E-state index in [9.17, 15) is 4.79 Å². The number of thiophene rings is 1. The molecule has 0 unspecified atom stereocenters. The quantitative estimate of drug-likeness (QED) is 0.308. The minimum atomic E-state index is -0.113. The van der Waals surface area contributed by atoms with E-state index in [1.807, 2.05) is 70.9 Å². The molecule has 0 bridgehead atoms. The molecule has 0 aliphatic heterocycles. The number of hydrogen-bond donors (Lipinski definition) is 0. The monoisotopic (exact) mass is 473 g/mol. The van der Waals surface area contributed by atoms with E-state index in [4.69, 9.17) is 14.6 Å². The summed E-state index contributed by atoms with van der Waals surface area (Å²) in [4.78, 5) is 15.6. The number of carbonyl (C=O) groups excluding carboxylic acids is 1. The van der Waals surface area contributed by atoms with Gasteiger partial charge in [-0.3, -0.25) is 9.48 Å². The molecular formula is C27H27N3O3S. The van der Waals surface area contributed by atoms with Crippen molar-refractivity contribution in [3.8, 4) is 22.1 Å². The van der Waals surface area contributed by atoms with Gasteiger partial charge in [-0.05, 0) is 29.2 Å². The fourth-order valence-corrected chi connectivity index (χ4v) is 4.45. The van der Waals surface area contributed by atoms with E-state index >= 15 is 0 Å². The van der Waals surface area contributed by atoms with Crippen molar-refractivity contribution < 1.29 is 14.3 Å². The predicted molar refractivity (Wildman–Crippen MR) is 136 cm³/mol. The predicted octanol–water partition coefficient (Wildman–Crippen LogP) is 5.35. The van der Waals surface area contributed by atoms with Crippen molar-refractivity contribution >= 4 is 23.3 Å². The second kappa shape index (κ2) is 10.9. The van der Waals surface area contributed by atoms with Gasteiger partial charge in [0.05, 0.1) is 25.6 Å². The maximum atomic E-state index is 12.9. The summed E-state index contributed by atoms with van der Waals surface area (Å²) in [6.45, 7) is 1.06. The number of carbonyl (C=O) groups is 1. The lowest BCUT2D eigenvalue weighted by molar-refractivity contribution is -0.125. The first-order valence-corrected chi connectivity index (χ1v) is 11.7. The van der Waals surface area contributed by atoms with Gasteiger partial charge in [0.2, 0.25) is 5.91 Å². The molecule has 0 aliphatic rings. The minimum Gasteiger partial charge on any atom is -0.493 e. The van der Waals surface area contributed by atoms with Crippen LogP contribution in [0.15, 0.2) is 78.3 Å². The maximum Gasteiger partial charge on any atom is 0.246 e. The van der Waals surface area contributed by atoms with Crippen LogP contribution in [0.5, 0.6) is 11.5 Å². The third-order valence-electron chi connectivity index (χ3n) is 5.41. The number of ether oxygens (including phenoxy) is 2. The maximum absolute atomic E-state index is 12.9. The summed E-state index contributed by atoms with van der Waals surface area (Å²) in [5.41, 5.74) is 3.81. The molecule has 4 rings (SSSR count). The van der Waals surface area contributed by atoms with Crippen molar-refractivity contribution in [2.75, 3.05) is 21.3 Å². The zero-order chi connectivity index (χ0) is 23.9. The number of amides is 1. The lowest BCUT2D eigenvalue weighted by Crippen LogP contribution is -2.24. The second-order valence-electron chi connectivity index (χ2n) is 7.77. The molecule has 7 heteroatoms. The molecule has 0 fully saturated rings. The summed E-state index contributed by atoms with van der Waals surface area (Å²) in [7, 11) is 4.97. The molecule has 0 N–H and O–H groups in total. The highest BCUT2D eigenvalue weighted by atomic mass is 32.1. The normalized spacial score (nSPS) is 11.0. The van der Waals surface area contributed by atoms with Crippen LogP contribution in [0.4, 0.5) is 0 Å². The summed E-state index contributed by atoms with van der Waals surface area (Å²) in [5, 5.41) is 6.83. The fraction of sp³-hybridized carbons (Fsp3) is 0.185. The highest BCUT2D eigenvalue weighted by molar-refractivity contribution is 7.13. The molecule has 0 saturated heterocycles. The molecular weight excluding hydrogens is 446 g/mol. The molecule has 0 spiro atoms. The van der Waals surface area contributed by atoms with Gasteiger partial charge in [-0.25, -0.2) is 0 Å². The first-order chi connectivity index (χ1) is 16.6. The molecule has 0 radical (unpaired) electrons. The van der Waals surface area contributed by atoms with Crippen molar-refractivity contribution in [1.82, 2.24) is 14.7 Å². The number of hydrogen-bond acceptors (Lipinski definition) is 5. The largest absolute Gasteiger partial charge is 0.493 e. The zero-order valence-electron chi connectivity index (χ0n) is 19.5. The molecule has 0 atom stereocenters. The van der Waals surface area contributed by atoms with Crippen molar-refractivity contribution in [3.63, 3.8) is 0 Å². The van der Waals surface area contributed by atoms with Crippen LogP contribution in [0.2, 0.25) is 0 Å². The van der Waals surface area contributed by atoms with Crippen molar-refractivity contribution in [3.05, 3.63) is 95.0 Å². The van der Waals surface area contributed by atoms with E-state index in [2.05, 4.69) is 12.1 Å². The molecule has 4 aromatic rings. The Morgan fingerprint density at radius 1 is 1.06 bits per heavy atom. The molecule has 2 aromatic carbocycles. The Kier molecular flexibility index (Phi) is 7.44. The number of likely N-dealkylation sites (N-methyl/N-ethyl adjacent to an activating group) is 1. The third-order valence-corrected chi connectivity index (χ3v) is 6.28. The average molecular weight is 474 g/mol. The van der Waals surface area contributed by atoms with Gasteiger partial charge in [-0.2, -0.15) is 5.10 Å². The third kappa shape index (κ3) is 5.38. The Hall–Kier alpha value is -3.84. The molecule has 2 heterocycles. The topological polar surface area (TPSA) is 56.6 Å². The van der Waals surface area contributed by atoms with Gasteiger partial charge in [0.25, 0.3) is 0 Å². The first-order valence-electron chi connectivity index (χ1n) is 10.9. The number of nitrogens with zero attached hydrogens (tertiary/aromatic N) is 3. The van der Waals surface area contributed by atoms with E-state index in [1.165, 1.54) is 5.56 Å². The van der Waals surface area contributed by atoms with Crippen LogP contribution in [0, 0.1) is 0 Å². The number of para-hydroxylation sites is 1. The van der Waals surface area contributed by atoms with Gasteiger partial charge in [-0.1, -0.05) is 48.5 Å². The fourth-order valence-electron chi connectivity index (χ4n) is 3.71. The highest BCUT2D eigenvalue weighted by Gasteiger charge is 2.15. The average Bonchev–Trinajstić information content (AvgIpc) is 3.53.